The molecular weight excluding hydrogens is 799 g/mol. The lowest BCUT2D eigenvalue weighted by Gasteiger charge is -2.18. The van der Waals surface area contributed by atoms with Gasteiger partial charge in [0.05, 0.1) is 5.52 Å². The summed E-state index contributed by atoms with van der Waals surface area (Å²) < 4.78 is 9.23. The Morgan fingerprint density at radius 3 is 1.36 bits per heavy atom. The molecule has 66 heavy (non-hydrogen) atoms. The molecule has 0 atom stereocenters. The Bertz CT molecular complexity index is 4030. The Kier molecular flexibility index (Phi) is 8.14. The van der Waals surface area contributed by atoms with Crippen molar-refractivity contribution in [2.75, 3.05) is 0 Å². The second-order valence-electron chi connectivity index (χ2n) is 17.8. The van der Waals surface area contributed by atoms with Crippen molar-refractivity contribution in [3.8, 4) is 50.2 Å². The molecule has 0 unspecified atom stereocenters. The fourth-order valence-corrected chi connectivity index (χ4v) is 11.4. The predicted molar refractivity (Wildman–Crippen MR) is 280 cm³/mol. The summed E-state index contributed by atoms with van der Waals surface area (Å²) in [5.41, 5.74) is 16.7. The van der Waals surface area contributed by atoms with Crippen LogP contribution in [0.1, 0.15) is 17.7 Å². The molecular formula is C64H41NO. The van der Waals surface area contributed by atoms with E-state index in [1.807, 2.05) is 0 Å². The van der Waals surface area contributed by atoms with Gasteiger partial charge in [-0.3, -0.25) is 0 Å². The van der Waals surface area contributed by atoms with Crippen LogP contribution in [-0.2, 0) is 6.42 Å². The molecule has 2 nitrogen and oxygen atoms in total. The lowest BCUT2D eigenvalue weighted by molar-refractivity contribution is 0.669. The van der Waals surface area contributed by atoms with Crippen molar-refractivity contribution in [2.45, 2.75) is 12.8 Å². The van der Waals surface area contributed by atoms with E-state index in [-0.39, 0.29) is 0 Å². The monoisotopic (exact) mass is 839 g/mol. The van der Waals surface area contributed by atoms with Crippen molar-refractivity contribution in [2.24, 2.45) is 0 Å². The zero-order valence-corrected chi connectivity index (χ0v) is 36.1. The maximum absolute atomic E-state index is 6.76. The quantitative estimate of drug-likeness (QED) is 0.158. The number of aromatic nitrogens is 1. The minimum atomic E-state index is 0.887. The van der Waals surface area contributed by atoms with E-state index in [4.69, 9.17) is 4.42 Å². The molecule has 0 amide bonds. The number of nitrogens with zero attached hydrogens (tertiary/aromatic N) is 1. The first-order valence-electron chi connectivity index (χ1n) is 23.1. The van der Waals surface area contributed by atoms with Gasteiger partial charge >= 0.3 is 0 Å². The van der Waals surface area contributed by atoms with E-state index < -0.39 is 0 Å². The summed E-state index contributed by atoms with van der Waals surface area (Å²) in [6, 6.07) is 78.0. The first kappa shape index (κ1) is 37.0. The van der Waals surface area contributed by atoms with Crippen LogP contribution in [-0.4, -0.2) is 4.57 Å². The summed E-state index contributed by atoms with van der Waals surface area (Å²) in [6.07, 6.45) is 6.73. The van der Waals surface area contributed by atoms with E-state index in [1.54, 1.807) is 0 Å². The molecule has 2 heterocycles. The summed E-state index contributed by atoms with van der Waals surface area (Å²) >= 11 is 0. The average molecular weight is 840 g/mol. The third kappa shape index (κ3) is 5.49. The number of fused-ring (bicyclic) bond motifs is 10. The predicted octanol–water partition coefficient (Wildman–Crippen LogP) is 17.8. The SMILES string of the molecule is C1=Cc2c(n(-c3ccc(-c4c5ccccc5c(-c5ccc6oc7cc(-c8c9ccccc9c(-c9ccccc9)c9ccccc89)ccc7c6c5)c5ccccc45)cc3)c3ccccc23)CC1. The molecule has 11 aromatic carbocycles. The van der Waals surface area contributed by atoms with Gasteiger partial charge in [0.1, 0.15) is 11.2 Å². The van der Waals surface area contributed by atoms with Gasteiger partial charge in [-0.2, -0.15) is 0 Å². The molecule has 13 aromatic rings. The van der Waals surface area contributed by atoms with E-state index in [0.29, 0.717) is 0 Å². The van der Waals surface area contributed by atoms with Crippen molar-refractivity contribution in [3.05, 3.63) is 230 Å². The molecule has 0 saturated heterocycles. The van der Waals surface area contributed by atoms with Crippen LogP contribution in [0.4, 0.5) is 0 Å². The maximum Gasteiger partial charge on any atom is 0.136 e. The highest BCUT2D eigenvalue weighted by atomic mass is 16.3. The van der Waals surface area contributed by atoms with Crippen LogP contribution < -0.4 is 0 Å². The lowest BCUT2D eigenvalue weighted by atomic mass is 9.85. The van der Waals surface area contributed by atoms with E-state index in [1.165, 1.54) is 110 Å². The van der Waals surface area contributed by atoms with E-state index in [0.717, 1.165) is 40.3 Å². The van der Waals surface area contributed by atoms with Crippen LogP contribution in [0.15, 0.2) is 223 Å². The normalized spacial score (nSPS) is 12.7. The number of hydrogen-bond donors (Lipinski definition) is 0. The smallest absolute Gasteiger partial charge is 0.136 e. The van der Waals surface area contributed by atoms with Gasteiger partial charge in [0.2, 0.25) is 0 Å². The Hall–Kier alpha value is -8.46. The second kappa shape index (κ2) is 14.5. The van der Waals surface area contributed by atoms with E-state index in [2.05, 4.69) is 229 Å². The van der Waals surface area contributed by atoms with Crippen molar-refractivity contribution >= 4 is 82.0 Å². The fourth-order valence-electron chi connectivity index (χ4n) is 11.4. The van der Waals surface area contributed by atoms with E-state index in [9.17, 15) is 0 Å². The molecule has 2 heteroatoms. The van der Waals surface area contributed by atoms with Crippen molar-refractivity contribution in [3.63, 3.8) is 0 Å². The standard InChI is InChI=1S/C64H41NO/c1-2-16-40(17-3-1)61-48-20-4-10-26-54(48)64(55-27-11-5-21-49(55)61)43-32-36-47-56-38-42(33-37-59(56)66-60(47)39-43)63-52-24-8-6-22-50(52)62(51-23-7-9-25-53(51)63)41-30-34-44(35-31-41)65-57-28-14-12-18-45(57)46-19-13-15-29-58(46)65/h1-14,16-28,30-39H,15,29H2. The summed E-state index contributed by atoms with van der Waals surface area (Å²) in [7, 11) is 0. The molecule has 0 aliphatic heterocycles. The highest BCUT2D eigenvalue weighted by Crippen LogP contribution is 2.47. The highest BCUT2D eigenvalue weighted by Gasteiger charge is 2.22. The van der Waals surface area contributed by atoms with Crippen LogP contribution in [0.3, 0.4) is 0 Å². The Labute approximate surface area is 381 Å². The number of para-hydroxylation sites is 1. The van der Waals surface area contributed by atoms with Gasteiger partial charge in [-0.05, 0) is 143 Å². The molecule has 0 spiro atoms. The number of allylic oxidation sites excluding steroid dienone is 1. The summed E-state index contributed by atoms with van der Waals surface area (Å²) in [4.78, 5) is 0. The highest BCUT2D eigenvalue weighted by molar-refractivity contribution is 6.24. The molecule has 2 aromatic heterocycles. The van der Waals surface area contributed by atoms with Crippen molar-refractivity contribution in [1.82, 2.24) is 4.57 Å². The molecule has 0 bridgehead atoms. The van der Waals surface area contributed by atoms with Gasteiger partial charge < -0.3 is 8.98 Å². The minimum absolute atomic E-state index is 0.887. The van der Waals surface area contributed by atoms with Crippen LogP contribution in [0.25, 0.3) is 132 Å². The molecule has 0 fully saturated rings. The zero-order chi connectivity index (χ0) is 43.3. The second-order valence-corrected chi connectivity index (χ2v) is 17.8. The van der Waals surface area contributed by atoms with Crippen LogP contribution >= 0.6 is 0 Å². The zero-order valence-electron chi connectivity index (χ0n) is 36.1. The van der Waals surface area contributed by atoms with Gasteiger partial charge in [0.15, 0.2) is 0 Å². The third-order valence-corrected chi connectivity index (χ3v) is 14.2. The van der Waals surface area contributed by atoms with Crippen molar-refractivity contribution in [1.29, 1.82) is 0 Å². The van der Waals surface area contributed by atoms with Gasteiger partial charge in [-0.1, -0.05) is 182 Å². The molecule has 0 N–H and O–H groups in total. The van der Waals surface area contributed by atoms with Crippen LogP contribution in [0.5, 0.6) is 0 Å². The lowest BCUT2D eigenvalue weighted by Crippen LogP contribution is -2.02. The first-order valence-corrected chi connectivity index (χ1v) is 23.1. The first-order chi connectivity index (χ1) is 32.8. The molecule has 14 rings (SSSR count). The van der Waals surface area contributed by atoms with Crippen LogP contribution in [0.2, 0.25) is 0 Å². The number of benzene rings is 11. The average Bonchev–Trinajstić information content (AvgIpc) is 3.92. The third-order valence-electron chi connectivity index (χ3n) is 14.2. The Morgan fingerprint density at radius 1 is 0.333 bits per heavy atom. The van der Waals surface area contributed by atoms with Crippen molar-refractivity contribution < 1.29 is 4.42 Å². The van der Waals surface area contributed by atoms with Gasteiger partial charge in [0.25, 0.3) is 0 Å². The Balaban J connectivity index is 0.910. The van der Waals surface area contributed by atoms with Crippen LogP contribution in [0, 0.1) is 0 Å². The molecule has 0 saturated carbocycles. The topological polar surface area (TPSA) is 18.1 Å². The number of rotatable bonds is 5. The van der Waals surface area contributed by atoms with Gasteiger partial charge in [-0.25, -0.2) is 0 Å². The number of furan rings is 1. The van der Waals surface area contributed by atoms with Gasteiger partial charge in [-0.15, -0.1) is 0 Å². The molecule has 1 aliphatic carbocycles. The summed E-state index contributed by atoms with van der Waals surface area (Å²) in [5.74, 6) is 0. The molecule has 1 aliphatic rings. The maximum atomic E-state index is 6.76. The Morgan fingerprint density at radius 2 is 0.788 bits per heavy atom. The summed E-state index contributed by atoms with van der Waals surface area (Å²) in [5, 5.41) is 13.5. The largest absolute Gasteiger partial charge is 0.456 e. The van der Waals surface area contributed by atoms with Gasteiger partial charge in [0, 0.05) is 33.1 Å². The molecule has 308 valence electrons. The molecule has 0 radical (unpaired) electrons. The summed E-state index contributed by atoms with van der Waals surface area (Å²) in [6.45, 7) is 0. The minimum Gasteiger partial charge on any atom is -0.456 e. The van der Waals surface area contributed by atoms with E-state index >= 15 is 0 Å². The number of hydrogen-bond acceptors (Lipinski definition) is 1. The fraction of sp³-hybridized carbons (Fsp3) is 0.0312.